The molecule has 0 fully saturated rings. The third kappa shape index (κ3) is 2.72. The molecular weight excluding hydrogens is 291 g/mol. The number of rotatable bonds is 2. The molecule has 0 aliphatic rings. The fraction of sp³-hybridized carbons (Fsp3) is 0.125. The van der Waals surface area contributed by atoms with Crippen LogP contribution in [0.2, 0.25) is 0 Å². The average Bonchev–Trinajstić information content (AvgIpc) is 2.93. The van der Waals surface area contributed by atoms with Crippen LogP contribution in [0, 0.1) is 6.92 Å². The van der Waals surface area contributed by atoms with E-state index >= 15 is 0 Å². The number of pyridine rings is 1. The summed E-state index contributed by atoms with van der Waals surface area (Å²) in [5.74, 6) is 0. The van der Waals surface area contributed by atoms with Gasteiger partial charge in [0.25, 0.3) is 0 Å². The van der Waals surface area contributed by atoms with Crippen molar-refractivity contribution in [2.75, 3.05) is 0 Å². The maximum atomic E-state index is 13.0. The molecular formula is C16H12F3N3. The molecule has 0 aliphatic heterocycles. The maximum Gasteiger partial charge on any atom is 0.435 e. The van der Waals surface area contributed by atoms with Crippen molar-refractivity contribution in [2.24, 2.45) is 0 Å². The van der Waals surface area contributed by atoms with Crippen molar-refractivity contribution in [3.63, 3.8) is 0 Å². The Labute approximate surface area is 125 Å². The first kappa shape index (κ1) is 14.3. The van der Waals surface area contributed by atoms with Gasteiger partial charge in [0.1, 0.15) is 0 Å². The number of hydrogen-bond donors (Lipinski definition) is 0. The first-order valence-electron chi connectivity index (χ1n) is 6.60. The van der Waals surface area contributed by atoms with Crippen LogP contribution >= 0.6 is 0 Å². The van der Waals surface area contributed by atoms with Crippen LogP contribution in [-0.2, 0) is 6.18 Å². The third-order valence-electron chi connectivity index (χ3n) is 3.20. The zero-order valence-electron chi connectivity index (χ0n) is 11.7. The van der Waals surface area contributed by atoms with E-state index in [9.17, 15) is 13.2 Å². The second-order valence-electron chi connectivity index (χ2n) is 4.91. The first-order chi connectivity index (χ1) is 10.4. The second-order valence-corrected chi connectivity index (χ2v) is 4.91. The molecule has 112 valence electrons. The van der Waals surface area contributed by atoms with Gasteiger partial charge in [0, 0.05) is 18.0 Å². The molecule has 0 bridgehead atoms. The number of benzene rings is 1. The van der Waals surface area contributed by atoms with E-state index in [4.69, 9.17) is 0 Å². The van der Waals surface area contributed by atoms with Gasteiger partial charge in [-0.1, -0.05) is 12.1 Å². The van der Waals surface area contributed by atoms with Crippen molar-refractivity contribution in [3.05, 3.63) is 66.1 Å². The van der Waals surface area contributed by atoms with Crippen molar-refractivity contribution >= 4 is 0 Å². The predicted octanol–water partition coefficient (Wildman–Crippen LogP) is 4.26. The van der Waals surface area contributed by atoms with Crippen molar-refractivity contribution in [3.8, 4) is 16.9 Å². The Morgan fingerprint density at radius 3 is 2.50 bits per heavy atom. The quantitative estimate of drug-likeness (QED) is 0.708. The second kappa shape index (κ2) is 5.29. The van der Waals surface area contributed by atoms with Gasteiger partial charge in [0.15, 0.2) is 5.69 Å². The molecule has 0 aliphatic carbocycles. The Bertz CT molecular complexity index is 792. The van der Waals surface area contributed by atoms with Gasteiger partial charge in [-0.05, 0) is 42.8 Å². The summed E-state index contributed by atoms with van der Waals surface area (Å²) in [5.41, 5.74) is 1.53. The molecule has 0 spiro atoms. The smallest absolute Gasteiger partial charge is 0.264 e. The molecule has 3 rings (SSSR count). The number of alkyl halides is 3. The molecule has 0 N–H and O–H groups in total. The standard InChI is InChI=1S/C16H12F3N3/c1-11-4-2-6-13(8-11)22-14(12-5-3-7-20-10-12)9-15(21-22)16(17,18)19/h2-10H,1H3. The van der Waals surface area contributed by atoms with E-state index in [1.165, 1.54) is 10.9 Å². The zero-order chi connectivity index (χ0) is 15.7. The van der Waals surface area contributed by atoms with Crippen molar-refractivity contribution in [1.82, 2.24) is 14.8 Å². The highest BCUT2D eigenvalue weighted by Gasteiger charge is 2.35. The highest BCUT2D eigenvalue weighted by atomic mass is 19.4. The molecule has 3 aromatic rings. The van der Waals surface area contributed by atoms with Crippen molar-refractivity contribution in [2.45, 2.75) is 13.1 Å². The lowest BCUT2D eigenvalue weighted by molar-refractivity contribution is -0.141. The van der Waals surface area contributed by atoms with Crippen LogP contribution < -0.4 is 0 Å². The number of aryl methyl sites for hydroxylation is 1. The van der Waals surface area contributed by atoms with Gasteiger partial charge in [0.05, 0.1) is 11.4 Å². The summed E-state index contributed by atoms with van der Waals surface area (Å²) in [7, 11) is 0. The monoisotopic (exact) mass is 303 g/mol. The minimum Gasteiger partial charge on any atom is -0.264 e. The number of hydrogen-bond acceptors (Lipinski definition) is 2. The van der Waals surface area contributed by atoms with E-state index in [0.717, 1.165) is 11.6 Å². The summed E-state index contributed by atoms with van der Waals surface area (Å²) >= 11 is 0. The summed E-state index contributed by atoms with van der Waals surface area (Å²) in [6.07, 6.45) is -1.41. The van der Waals surface area contributed by atoms with E-state index < -0.39 is 11.9 Å². The zero-order valence-corrected chi connectivity index (χ0v) is 11.7. The average molecular weight is 303 g/mol. The molecule has 0 saturated carbocycles. The lowest BCUT2D eigenvalue weighted by Gasteiger charge is -2.08. The molecule has 0 radical (unpaired) electrons. The van der Waals surface area contributed by atoms with Gasteiger partial charge in [-0.25, -0.2) is 4.68 Å². The lowest BCUT2D eigenvalue weighted by atomic mass is 10.2. The Morgan fingerprint density at radius 1 is 1.05 bits per heavy atom. The normalized spacial score (nSPS) is 11.6. The third-order valence-corrected chi connectivity index (χ3v) is 3.20. The SMILES string of the molecule is Cc1cccc(-n2nc(C(F)(F)F)cc2-c2cccnc2)c1. The molecule has 2 aromatic heterocycles. The van der Waals surface area contributed by atoms with E-state index in [1.807, 2.05) is 13.0 Å². The highest BCUT2D eigenvalue weighted by Crippen LogP contribution is 2.33. The fourth-order valence-corrected chi connectivity index (χ4v) is 2.20. The molecule has 1 aromatic carbocycles. The summed E-state index contributed by atoms with van der Waals surface area (Å²) in [5, 5.41) is 3.73. The van der Waals surface area contributed by atoms with Crippen LogP contribution in [0.3, 0.4) is 0 Å². The molecule has 22 heavy (non-hydrogen) atoms. The van der Waals surface area contributed by atoms with Crippen molar-refractivity contribution < 1.29 is 13.2 Å². The highest BCUT2D eigenvalue weighted by molar-refractivity contribution is 5.62. The van der Waals surface area contributed by atoms with E-state index in [2.05, 4.69) is 10.1 Å². The van der Waals surface area contributed by atoms with Gasteiger partial charge < -0.3 is 0 Å². The molecule has 0 saturated heterocycles. The van der Waals surface area contributed by atoms with Gasteiger partial charge in [0.2, 0.25) is 0 Å². The summed E-state index contributed by atoms with van der Waals surface area (Å²) in [4.78, 5) is 3.96. The van der Waals surface area contributed by atoms with Gasteiger partial charge >= 0.3 is 6.18 Å². The molecule has 0 unspecified atom stereocenters. The van der Waals surface area contributed by atoms with Crippen LogP contribution in [0.1, 0.15) is 11.3 Å². The molecule has 0 atom stereocenters. The lowest BCUT2D eigenvalue weighted by Crippen LogP contribution is -2.07. The molecule has 3 nitrogen and oxygen atoms in total. The van der Waals surface area contributed by atoms with Gasteiger partial charge in [-0.3, -0.25) is 4.98 Å². The van der Waals surface area contributed by atoms with Gasteiger partial charge in [-0.2, -0.15) is 18.3 Å². The summed E-state index contributed by atoms with van der Waals surface area (Å²) in [6, 6.07) is 11.6. The largest absolute Gasteiger partial charge is 0.435 e. The van der Waals surface area contributed by atoms with Gasteiger partial charge in [-0.15, -0.1) is 0 Å². The van der Waals surface area contributed by atoms with E-state index in [-0.39, 0.29) is 0 Å². The van der Waals surface area contributed by atoms with Crippen LogP contribution in [0.15, 0.2) is 54.9 Å². The summed E-state index contributed by atoms with van der Waals surface area (Å²) in [6.45, 7) is 1.88. The van der Waals surface area contributed by atoms with Crippen LogP contribution in [0.5, 0.6) is 0 Å². The molecule has 0 amide bonds. The minimum absolute atomic E-state index is 0.353. The topological polar surface area (TPSA) is 30.7 Å². The van der Waals surface area contributed by atoms with Crippen LogP contribution in [0.25, 0.3) is 16.9 Å². The predicted molar refractivity (Wildman–Crippen MR) is 76.5 cm³/mol. The number of nitrogens with zero attached hydrogens (tertiary/aromatic N) is 3. The number of halogens is 3. The number of aromatic nitrogens is 3. The Hall–Kier alpha value is -2.63. The van der Waals surface area contributed by atoms with Crippen molar-refractivity contribution in [1.29, 1.82) is 0 Å². The van der Waals surface area contributed by atoms with Crippen LogP contribution in [-0.4, -0.2) is 14.8 Å². The van der Waals surface area contributed by atoms with Crippen LogP contribution in [0.4, 0.5) is 13.2 Å². The summed E-state index contributed by atoms with van der Waals surface area (Å²) < 4.78 is 40.3. The molecule has 6 heteroatoms. The Balaban J connectivity index is 2.22. The Morgan fingerprint density at radius 2 is 1.86 bits per heavy atom. The van der Waals surface area contributed by atoms with E-state index in [0.29, 0.717) is 16.9 Å². The maximum absolute atomic E-state index is 13.0. The minimum atomic E-state index is -4.49. The Kier molecular flexibility index (Phi) is 3.44. The molecule has 2 heterocycles. The fourth-order valence-electron chi connectivity index (χ4n) is 2.20. The van der Waals surface area contributed by atoms with E-state index in [1.54, 1.807) is 36.5 Å². The first-order valence-corrected chi connectivity index (χ1v) is 6.60.